The lowest BCUT2D eigenvalue weighted by atomic mass is 10.1. The maximum absolute atomic E-state index is 13.7. The average Bonchev–Trinajstić information content (AvgIpc) is 2.72. The number of halogens is 1. The van der Waals surface area contributed by atoms with E-state index in [4.69, 9.17) is 4.74 Å². The Morgan fingerprint density at radius 1 is 1.17 bits per heavy atom. The van der Waals surface area contributed by atoms with Crippen LogP contribution in [0, 0.1) is 5.92 Å². The molecule has 0 aliphatic carbocycles. The standard InChI is InChI=1S/C22H22BrNO4S/c1-14(2)13-24(16-10-8-15(23)9-11-16)29(27)20-12-19(22(26)28-3)21(25)18-7-5-4-6-17(18)20/h4-12,14,25H,13H2,1-3H3. The Morgan fingerprint density at radius 3 is 2.38 bits per heavy atom. The van der Waals surface area contributed by atoms with E-state index >= 15 is 0 Å². The third kappa shape index (κ3) is 4.52. The first-order valence-corrected chi connectivity index (χ1v) is 11.0. The van der Waals surface area contributed by atoms with Gasteiger partial charge in [-0.05, 0) is 36.2 Å². The van der Waals surface area contributed by atoms with Crippen LogP contribution >= 0.6 is 15.9 Å². The van der Waals surface area contributed by atoms with Gasteiger partial charge in [-0.15, -0.1) is 0 Å². The van der Waals surface area contributed by atoms with E-state index in [0.29, 0.717) is 22.2 Å². The van der Waals surface area contributed by atoms with Crippen LogP contribution in [-0.2, 0) is 16.1 Å². The lowest BCUT2D eigenvalue weighted by Crippen LogP contribution is -2.34. The molecule has 0 aliphatic rings. The summed E-state index contributed by atoms with van der Waals surface area (Å²) >= 11 is 1.82. The summed E-state index contributed by atoms with van der Waals surface area (Å²) in [4.78, 5) is 12.7. The van der Waals surface area contributed by atoms with Gasteiger partial charge in [-0.25, -0.2) is 4.79 Å². The molecular weight excluding hydrogens is 454 g/mol. The van der Waals surface area contributed by atoms with Crippen LogP contribution in [0.3, 0.4) is 0 Å². The molecule has 3 aromatic rings. The summed E-state index contributed by atoms with van der Waals surface area (Å²) in [6.45, 7) is 4.66. The fraction of sp³-hybridized carbons (Fsp3) is 0.227. The van der Waals surface area contributed by atoms with Crippen LogP contribution in [0.2, 0.25) is 0 Å². The Kier molecular flexibility index (Phi) is 6.72. The molecule has 3 aromatic carbocycles. The largest absolute Gasteiger partial charge is 0.588 e. The number of esters is 1. The normalized spacial score (nSPS) is 12.2. The summed E-state index contributed by atoms with van der Waals surface area (Å²) < 4.78 is 21.3. The van der Waals surface area contributed by atoms with Crippen molar-refractivity contribution in [2.24, 2.45) is 5.92 Å². The fourth-order valence-electron chi connectivity index (χ4n) is 3.06. The van der Waals surface area contributed by atoms with E-state index in [1.807, 2.05) is 30.3 Å². The van der Waals surface area contributed by atoms with Crippen molar-refractivity contribution in [1.29, 1.82) is 0 Å². The zero-order valence-electron chi connectivity index (χ0n) is 16.4. The number of phenolic OH excluding ortho intramolecular Hbond substituents is 1. The molecule has 1 N–H and O–H groups in total. The Hall–Kier alpha value is -2.22. The predicted octanol–water partition coefficient (Wildman–Crippen LogP) is 5.28. The minimum absolute atomic E-state index is 0.00477. The summed E-state index contributed by atoms with van der Waals surface area (Å²) in [6, 6.07) is 16.1. The van der Waals surface area contributed by atoms with Crippen molar-refractivity contribution in [2.45, 2.75) is 18.7 Å². The van der Waals surface area contributed by atoms with Gasteiger partial charge in [0.2, 0.25) is 0 Å². The van der Waals surface area contributed by atoms with Crippen LogP contribution < -0.4 is 4.31 Å². The third-order valence-corrected chi connectivity index (χ3v) is 6.42. The van der Waals surface area contributed by atoms with E-state index in [1.54, 1.807) is 22.5 Å². The van der Waals surface area contributed by atoms with Crippen molar-refractivity contribution >= 4 is 49.7 Å². The Labute approximate surface area is 181 Å². The molecular formula is C22H22BrNO4S. The molecule has 0 aromatic heterocycles. The third-order valence-electron chi connectivity index (χ3n) is 4.42. The second-order valence-electron chi connectivity index (χ2n) is 6.99. The molecule has 0 radical (unpaired) electrons. The summed E-state index contributed by atoms with van der Waals surface area (Å²) in [5.41, 5.74) is 0.798. The number of ether oxygens (including phenoxy) is 1. The van der Waals surface area contributed by atoms with Crippen molar-refractivity contribution in [2.75, 3.05) is 18.0 Å². The van der Waals surface area contributed by atoms with Crippen molar-refractivity contribution in [3.05, 3.63) is 64.6 Å². The van der Waals surface area contributed by atoms with Gasteiger partial charge in [0.25, 0.3) is 0 Å². The van der Waals surface area contributed by atoms with Gasteiger partial charge < -0.3 is 14.4 Å². The van der Waals surface area contributed by atoms with Gasteiger partial charge in [0, 0.05) is 21.3 Å². The monoisotopic (exact) mass is 475 g/mol. The molecule has 0 bridgehead atoms. The molecule has 0 saturated carbocycles. The second-order valence-corrected chi connectivity index (χ2v) is 9.28. The molecule has 1 atom stereocenters. The SMILES string of the molecule is COC(=O)c1cc([S+]([O-])N(CC(C)C)c2ccc(Br)cc2)c2ccccc2c1O. The van der Waals surface area contributed by atoms with Crippen LogP contribution in [0.25, 0.3) is 10.8 Å². The first-order valence-electron chi connectivity index (χ1n) is 9.11. The maximum Gasteiger partial charge on any atom is 0.341 e. The number of carbonyl (C=O) groups is 1. The molecule has 29 heavy (non-hydrogen) atoms. The Morgan fingerprint density at radius 2 is 1.79 bits per heavy atom. The van der Waals surface area contributed by atoms with E-state index in [0.717, 1.165) is 10.2 Å². The van der Waals surface area contributed by atoms with Crippen molar-refractivity contribution < 1.29 is 19.2 Å². The highest BCUT2D eigenvalue weighted by atomic mass is 79.9. The van der Waals surface area contributed by atoms with E-state index < -0.39 is 17.3 Å². The van der Waals surface area contributed by atoms with Crippen LogP contribution in [0.1, 0.15) is 24.2 Å². The van der Waals surface area contributed by atoms with E-state index in [2.05, 4.69) is 29.8 Å². The highest BCUT2D eigenvalue weighted by molar-refractivity contribution is 9.10. The molecule has 0 saturated heterocycles. The number of methoxy groups -OCH3 is 1. The predicted molar refractivity (Wildman–Crippen MR) is 120 cm³/mol. The molecule has 3 rings (SSSR count). The number of aromatic hydroxyl groups is 1. The van der Waals surface area contributed by atoms with Crippen molar-refractivity contribution in [1.82, 2.24) is 0 Å². The Balaban J connectivity index is 2.19. The van der Waals surface area contributed by atoms with E-state index in [1.165, 1.54) is 13.2 Å². The molecule has 0 heterocycles. The Bertz CT molecular complexity index is 1020. The number of fused-ring (bicyclic) bond motifs is 1. The summed E-state index contributed by atoms with van der Waals surface area (Å²) in [7, 11) is 1.25. The number of anilines is 1. The average molecular weight is 476 g/mol. The lowest BCUT2D eigenvalue weighted by molar-refractivity contribution is 0.0597. The first kappa shape index (κ1) is 21.5. The van der Waals surface area contributed by atoms with Gasteiger partial charge in [-0.1, -0.05) is 48.0 Å². The number of benzene rings is 3. The summed E-state index contributed by atoms with van der Waals surface area (Å²) in [6.07, 6.45) is 0. The van der Waals surface area contributed by atoms with Crippen molar-refractivity contribution in [3.63, 3.8) is 0 Å². The molecule has 5 nitrogen and oxygen atoms in total. The maximum atomic E-state index is 13.7. The highest BCUT2D eigenvalue weighted by Crippen LogP contribution is 2.37. The molecule has 1 unspecified atom stereocenters. The number of hydrogen-bond donors (Lipinski definition) is 1. The van der Waals surface area contributed by atoms with Crippen LogP contribution in [0.5, 0.6) is 5.75 Å². The summed E-state index contributed by atoms with van der Waals surface area (Å²) in [5.74, 6) is -0.594. The lowest BCUT2D eigenvalue weighted by Gasteiger charge is -2.28. The second kappa shape index (κ2) is 9.07. The van der Waals surface area contributed by atoms with E-state index in [-0.39, 0.29) is 17.2 Å². The van der Waals surface area contributed by atoms with Gasteiger partial charge >= 0.3 is 5.97 Å². The molecule has 0 fully saturated rings. The number of hydrogen-bond acceptors (Lipinski definition) is 5. The number of rotatable bonds is 6. The zero-order chi connectivity index (χ0) is 21.1. The molecule has 7 heteroatoms. The fourth-order valence-corrected chi connectivity index (χ4v) is 4.90. The molecule has 0 spiro atoms. The van der Waals surface area contributed by atoms with Gasteiger partial charge in [-0.2, -0.15) is 4.31 Å². The number of phenols is 1. The quantitative estimate of drug-likeness (QED) is 0.387. The molecule has 0 amide bonds. The van der Waals surface area contributed by atoms with Gasteiger partial charge in [0.05, 0.1) is 19.3 Å². The zero-order valence-corrected chi connectivity index (χ0v) is 18.8. The number of carbonyl (C=O) groups excluding carboxylic acids is 1. The smallest absolute Gasteiger partial charge is 0.341 e. The van der Waals surface area contributed by atoms with Crippen molar-refractivity contribution in [3.8, 4) is 5.75 Å². The van der Waals surface area contributed by atoms with Crippen LogP contribution in [-0.4, -0.2) is 29.3 Å². The minimum Gasteiger partial charge on any atom is -0.588 e. The van der Waals surface area contributed by atoms with Gasteiger partial charge in [0.1, 0.15) is 22.7 Å². The van der Waals surface area contributed by atoms with Crippen LogP contribution in [0.15, 0.2) is 64.0 Å². The highest BCUT2D eigenvalue weighted by Gasteiger charge is 2.29. The van der Waals surface area contributed by atoms with Crippen LogP contribution in [0.4, 0.5) is 5.69 Å². The topological polar surface area (TPSA) is 72.8 Å². The first-order chi connectivity index (χ1) is 13.8. The van der Waals surface area contributed by atoms with Gasteiger partial charge in [0.15, 0.2) is 4.90 Å². The molecule has 0 aliphatic heterocycles. The number of nitrogens with zero attached hydrogens (tertiary/aromatic N) is 1. The van der Waals surface area contributed by atoms with E-state index in [9.17, 15) is 14.5 Å². The molecule has 152 valence electrons. The van der Waals surface area contributed by atoms with Gasteiger partial charge in [-0.3, -0.25) is 0 Å². The minimum atomic E-state index is -1.61. The summed E-state index contributed by atoms with van der Waals surface area (Å²) in [5, 5.41) is 11.7.